The van der Waals surface area contributed by atoms with Gasteiger partial charge in [-0.15, -0.1) is 0 Å². The van der Waals surface area contributed by atoms with Gasteiger partial charge in [-0.2, -0.15) is 0 Å². The SMILES string of the molecule is CN1CC=CC1(C)C(=O)N1CCCC1. The molecule has 2 aliphatic heterocycles. The molecular formula is C11H18N2O. The van der Waals surface area contributed by atoms with Crippen LogP contribution in [0, 0.1) is 0 Å². The molecule has 0 saturated carbocycles. The summed E-state index contributed by atoms with van der Waals surface area (Å²) < 4.78 is 0. The molecule has 2 heterocycles. The van der Waals surface area contributed by atoms with Crippen LogP contribution in [0.1, 0.15) is 19.8 Å². The zero-order chi connectivity index (χ0) is 10.2. The molecule has 1 amide bonds. The van der Waals surface area contributed by atoms with Gasteiger partial charge in [0.25, 0.3) is 0 Å². The highest BCUT2D eigenvalue weighted by molar-refractivity contribution is 5.88. The van der Waals surface area contributed by atoms with Gasteiger partial charge in [0.1, 0.15) is 5.54 Å². The molecule has 2 aliphatic rings. The van der Waals surface area contributed by atoms with Gasteiger partial charge >= 0.3 is 0 Å². The summed E-state index contributed by atoms with van der Waals surface area (Å²) in [5, 5.41) is 0. The molecule has 0 aromatic rings. The molecule has 1 unspecified atom stereocenters. The first-order valence-electron chi connectivity index (χ1n) is 5.33. The topological polar surface area (TPSA) is 23.6 Å². The van der Waals surface area contributed by atoms with E-state index in [1.165, 1.54) is 0 Å². The van der Waals surface area contributed by atoms with Crippen molar-refractivity contribution in [3.63, 3.8) is 0 Å². The van der Waals surface area contributed by atoms with Crippen LogP contribution >= 0.6 is 0 Å². The fourth-order valence-electron chi connectivity index (χ4n) is 2.23. The number of likely N-dealkylation sites (N-methyl/N-ethyl adjacent to an activating group) is 1. The van der Waals surface area contributed by atoms with E-state index in [9.17, 15) is 4.79 Å². The van der Waals surface area contributed by atoms with Gasteiger partial charge < -0.3 is 4.90 Å². The molecule has 0 aromatic carbocycles. The quantitative estimate of drug-likeness (QED) is 0.578. The van der Waals surface area contributed by atoms with Crippen LogP contribution in [0.5, 0.6) is 0 Å². The molecule has 2 rings (SSSR count). The van der Waals surface area contributed by atoms with Gasteiger partial charge in [0.05, 0.1) is 0 Å². The molecule has 0 N–H and O–H groups in total. The average molecular weight is 194 g/mol. The molecule has 78 valence electrons. The number of carbonyl (C=O) groups excluding carboxylic acids is 1. The Kier molecular flexibility index (Phi) is 2.35. The first-order chi connectivity index (χ1) is 6.64. The van der Waals surface area contributed by atoms with Crippen molar-refractivity contribution >= 4 is 5.91 Å². The van der Waals surface area contributed by atoms with Gasteiger partial charge in [0.15, 0.2) is 0 Å². The van der Waals surface area contributed by atoms with E-state index in [-0.39, 0.29) is 11.4 Å². The third-order valence-electron chi connectivity index (χ3n) is 3.44. The third-order valence-corrected chi connectivity index (χ3v) is 3.44. The number of likely N-dealkylation sites (tertiary alicyclic amines) is 1. The summed E-state index contributed by atoms with van der Waals surface area (Å²) in [5.41, 5.74) is -0.385. The van der Waals surface area contributed by atoms with Crippen LogP contribution in [0.2, 0.25) is 0 Å². The van der Waals surface area contributed by atoms with Crippen LogP contribution < -0.4 is 0 Å². The Labute approximate surface area is 85.4 Å². The highest BCUT2D eigenvalue weighted by Gasteiger charge is 2.40. The van der Waals surface area contributed by atoms with Crippen LogP contribution in [0.25, 0.3) is 0 Å². The minimum Gasteiger partial charge on any atom is -0.341 e. The Hall–Kier alpha value is -0.830. The van der Waals surface area contributed by atoms with Crippen LogP contribution in [0.3, 0.4) is 0 Å². The van der Waals surface area contributed by atoms with Crippen molar-refractivity contribution in [3.05, 3.63) is 12.2 Å². The van der Waals surface area contributed by atoms with Crippen LogP contribution in [-0.2, 0) is 4.79 Å². The lowest BCUT2D eigenvalue weighted by Gasteiger charge is -2.33. The number of nitrogens with zero attached hydrogens (tertiary/aromatic N) is 2. The van der Waals surface area contributed by atoms with Gasteiger partial charge in [-0.1, -0.05) is 12.2 Å². The van der Waals surface area contributed by atoms with Gasteiger partial charge in [0.2, 0.25) is 5.91 Å². The molecular weight excluding hydrogens is 176 g/mol. The molecule has 0 spiro atoms. The summed E-state index contributed by atoms with van der Waals surface area (Å²) in [6, 6.07) is 0. The van der Waals surface area contributed by atoms with E-state index in [0.717, 1.165) is 32.5 Å². The van der Waals surface area contributed by atoms with E-state index in [4.69, 9.17) is 0 Å². The molecule has 0 radical (unpaired) electrons. The zero-order valence-corrected chi connectivity index (χ0v) is 8.99. The van der Waals surface area contributed by atoms with Crippen molar-refractivity contribution in [1.82, 2.24) is 9.80 Å². The molecule has 0 bridgehead atoms. The van der Waals surface area contributed by atoms with Gasteiger partial charge in [-0.3, -0.25) is 9.69 Å². The van der Waals surface area contributed by atoms with Crippen molar-refractivity contribution in [2.45, 2.75) is 25.3 Å². The summed E-state index contributed by atoms with van der Waals surface area (Å²) in [7, 11) is 2.01. The lowest BCUT2D eigenvalue weighted by molar-refractivity contribution is -0.138. The van der Waals surface area contributed by atoms with Crippen LogP contribution in [0.4, 0.5) is 0 Å². The largest absolute Gasteiger partial charge is 0.341 e. The maximum absolute atomic E-state index is 12.2. The Balaban J connectivity index is 2.13. The van der Waals surface area contributed by atoms with Crippen LogP contribution in [-0.4, -0.2) is 47.9 Å². The second-order valence-electron chi connectivity index (χ2n) is 4.43. The first-order valence-corrected chi connectivity index (χ1v) is 5.33. The van der Waals surface area contributed by atoms with Crippen molar-refractivity contribution in [3.8, 4) is 0 Å². The Morgan fingerprint density at radius 1 is 1.36 bits per heavy atom. The first kappa shape index (κ1) is 9.71. The summed E-state index contributed by atoms with van der Waals surface area (Å²) in [4.78, 5) is 16.3. The monoisotopic (exact) mass is 194 g/mol. The number of carbonyl (C=O) groups is 1. The Bertz CT molecular complexity index is 268. The second kappa shape index (κ2) is 3.39. The predicted octanol–water partition coefficient (Wildman–Crippen LogP) is 0.869. The normalized spacial score (nSPS) is 32.9. The fraction of sp³-hybridized carbons (Fsp3) is 0.727. The van der Waals surface area contributed by atoms with Crippen LogP contribution in [0.15, 0.2) is 12.2 Å². The van der Waals surface area contributed by atoms with Gasteiger partial charge in [0, 0.05) is 19.6 Å². The molecule has 1 atom stereocenters. The lowest BCUT2D eigenvalue weighted by atomic mass is 10.0. The summed E-state index contributed by atoms with van der Waals surface area (Å²) in [5.74, 6) is 0.270. The summed E-state index contributed by atoms with van der Waals surface area (Å²) in [6.07, 6.45) is 6.44. The smallest absolute Gasteiger partial charge is 0.246 e. The molecule has 3 heteroatoms. The highest BCUT2D eigenvalue weighted by atomic mass is 16.2. The van der Waals surface area contributed by atoms with E-state index in [2.05, 4.69) is 11.0 Å². The molecule has 1 saturated heterocycles. The fourth-order valence-corrected chi connectivity index (χ4v) is 2.23. The van der Waals surface area contributed by atoms with Crippen molar-refractivity contribution < 1.29 is 4.79 Å². The van der Waals surface area contributed by atoms with E-state index < -0.39 is 0 Å². The van der Waals surface area contributed by atoms with E-state index in [1.54, 1.807) is 0 Å². The van der Waals surface area contributed by atoms with E-state index in [0.29, 0.717) is 0 Å². The molecule has 3 nitrogen and oxygen atoms in total. The zero-order valence-electron chi connectivity index (χ0n) is 8.99. The molecule has 14 heavy (non-hydrogen) atoms. The molecule has 0 aromatic heterocycles. The number of rotatable bonds is 1. The van der Waals surface area contributed by atoms with Gasteiger partial charge in [-0.25, -0.2) is 0 Å². The maximum Gasteiger partial charge on any atom is 0.246 e. The minimum atomic E-state index is -0.385. The number of hydrogen-bond acceptors (Lipinski definition) is 2. The minimum absolute atomic E-state index is 0.270. The van der Waals surface area contributed by atoms with Crippen molar-refractivity contribution in [1.29, 1.82) is 0 Å². The van der Waals surface area contributed by atoms with Crippen molar-refractivity contribution in [2.75, 3.05) is 26.7 Å². The second-order valence-corrected chi connectivity index (χ2v) is 4.43. The maximum atomic E-state index is 12.2. The van der Waals surface area contributed by atoms with E-state index >= 15 is 0 Å². The lowest BCUT2D eigenvalue weighted by Crippen LogP contribution is -2.52. The van der Waals surface area contributed by atoms with Crippen molar-refractivity contribution in [2.24, 2.45) is 0 Å². The standard InChI is InChI=1S/C11H18N2O/c1-11(6-5-7-12(11)2)10(14)13-8-3-4-9-13/h5-6H,3-4,7-9H2,1-2H3. The number of hydrogen-bond donors (Lipinski definition) is 0. The summed E-state index contributed by atoms with van der Waals surface area (Å²) in [6.45, 7) is 4.78. The Morgan fingerprint density at radius 3 is 2.50 bits per heavy atom. The Morgan fingerprint density at radius 2 is 2.00 bits per heavy atom. The summed E-state index contributed by atoms with van der Waals surface area (Å²) >= 11 is 0. The third kappa shape index (κ3) is 1.36. The van der Waals surface area contributed by atoms with E-state index in [1.807, 2.05) is 24.9 Å². The highest BCUT2D eigenvalue weighted by Crippen LogP contribution is 2.25. The predicted molar refractivity (Wildman–Crippen MR) is 56.0 cm³/mol. The molecule has 0 aliphatic carbocycles. The molecule has 1 fully saturated rings. The number of amides is 1. The average Bonchev–Trinajstić information content (AvgIpc) is 2.77. The van der Waals surface area contributed by atoms with Gasteiger partial charge in [-0.05, 0) is 26.8 Å².